The molecule has 1 rings (SSSR count). The average Bonchev–Trinajstić information content (AvgIpc) is 2.48. The first-order valence-electron chi connectivity index (χ1n) is 3.81. The molecular formula is C7H9ClN2O2S2. The number of thiazole rings is 1. The molecular weight excluding hydrogens is 244 g/mol. The van der Waals surface area contributed by atoms with Crippen LogP contribution in [0.5, 0.6) is 0 Å². The molecule has 4 nitrogen and oxygen atoms in total. The Kier molecular flexibility index (Phi) is 4.50. The van der Waals surface area contributed by atoms with Crippen LogP contribution in [0.3, 0.4) is 0 Å². The van der Waals surface area contributed by atoms with E-state index in [-0.39, 0.29) is 5.82 Å². The lowest BCUT2D eigenvalue weighted by molar-refractivity contribution is 0.0533. The molecule has 0 bridgehead atoms. The molecule has 0 amide bonds. The summed E-state index contributed by atoms with van der Waals surface area (Å²) in [5.41, 5.74) is 5.54. The summed E-state index contributed by atoms with van der Waals surface area (Å²) in [4.78, 5) is 15.6. The first-order valence-corrected chi connectivity index (χ1v) is 6.14. The van der Waals surface area contributed by atoms with E-state index in [4.69, 9.17) is 22.1 Å². The van der Waals surface area contributed by atoms with Gasteiger partial charge in [0.2, 0.25) is 0 Å². The standard InChI is InChI=1S/C7H9ClN2O2S2/c1-2-12-6(11)4-5(9)10-7(14-4)13-3-8/h2-3,9H2,1H3. The van der Waals surface area contributed by atoms with Gasteiger partial charge in [0.1, 0.15) is 0 Å². The maximum absolute atomic E-state index is 11.3. The van der Waals surface area contributed by atoms with E-state index in [0.717, 1.165) is 0 Å². The SMILES string of the molecule is CCOC(=O)c1sc(SCCl)nc1N. The molecule has 0 radical (unpaired) electrons. The first-order chi connectivity index (χ1) is 6.69. The third-order valence-corrected chi connectivity index (χ3v) is 3.50. The molecule has 0 aliphatic heterocycles. The van der Waals surface area contributed by atoms with Crippen LogP contribution in [0, 0.1) is 0 Å². The van der Waals surface area contributed by atoms with Crippen LogP contribution in [0.2, 0.25) is 0 Å². The summed E-state index contributed by atoms with van der Waals surface area (Å²) in [6, 6.07) is 0. The Morgan fingerprint density at radius 2 is 2.50 bits per heavy atom. The monoisotopic (exact) mass is 252 g/mol. The smallest absolute Gasteiger partial charge is 0.352 e. The van der Waals surface area contributed by atoms with E-state index in [1.54, 1.807) is 6.92 Å². The van der Waals surface area contributed by atoms with Crippen molar-refractivity contribution in [2.24, 2.45) is 0 Å². The van der Waals surface area contributed by atoms with E-state index < -0.39 is 5.97 Å². The van der Waals surface area contributed by atoms with Crippen LogP contribution in [-0.2, 0) is 4.74 Å². The zero-order chi connectivity index (χ0) is 10.6. The Morgan fingerprint density at radius 3 is 3.07 bits per heavy atom. The predicted octanol–water partition coefficient (Wildman–Crippen LogP) is 2.19. The molecule has 78 valence electrons. The summed E-state index contributed by atoms with van der Waals surface area (Å²) in [6.07, 6.45) is 0. The van der Waals surface area contributed by atoms with Crippen molar-refractivity contribution in [2.75, 3.05) is 17.6 Å². The summed E-state index contributed by atoms with van der Waals surface area (Å²) in [6.45, 7) is 2.07. The van der Waals surface area contributed by atoms with Crippen molar-refractivity contribution >= 4 is 46.5 Å². The molecule has 1 aromatic rings. The topological polar surface area (TPSA) is 65.2 Å². The van der Waals surface area contributed by atoms with Gasteiger partial charge in [0.25, 0.3) is 0 Å². The number of rotatable bonds is 4. The third-order valence-electron chi connectivity index (χ3n) is 1.27. The van der Waals surface area contributed by atoms with Gasteiger partial charge in [0.05, 0.1) is 11.8 Å². The fraction of sp³-hybridized carbons (Fsp3) is 0.429. The van der Waals surface area contributed by atoms with E-state index in [1.165, 1.54) is 23.1 Å². The molecule has 0 aliphatic rings. The normalized spacial score (nSPS) is 10.1. The zero-order valence-electron chi connectivity index (χ0n) is 7.45. The van der Waals surface area contributed by atoms with Gasteiger partial charge >= 0.3 is 5.97 Å². The highest BCUT2D eigenvalue weighted by atomic mass is 35.5. The highest BCUT2D eigenvalue weighted by Gasteiger charge is 2.16. The van der Waals surface area contributed by atoms with Crippen LogP contribution in [0.15, 0.2) is 4.34 Å². The van der Waals surface area contributed by atoms with Crippen molar-refractivity contribution < 1.29 is 9.53 Å². The summed E-state index contributed by atoms with van der Waals surface area (Å²) in [5.74, 6) is -0.218. The Bertz CT molecular complexity index is 329. The number of nitrogen functional groups attached to an aromatic ring is 1. The molecule has 0 atom stereocenters. The lowest BCUT2D eigenvalue weighted by atomic mass is 10.5. The summed E-state index contributed by atoms with van der Waals surface area (Å²) >= 11 is 8.04. The molecule has 14 heavy (non-hydrogen) atoms. The first kappa shape index (κ1) is 11.6. The second-order valence-electron chi connectivity index (χ2n) is 2.17. The maximum Gasteiger partial charge on any atom is 0.352 e. The number of ether oxygens (including phenoxy) is 1. The van der Waals surface area contributed by atoms with Gasteiger partial charge in [-0.05, 0) is 6.92 Å². The van der Waals surface area contributed by atoms with Crippen LogP contribution < -0.4 is 5.73 Å². The number of anilines is 1. The van der Waals surface area contributed by atoms with Crippen LogP contribution in [0.1, 0.15) is 16.6 Å². The molecule has 0 saturated carbocycles. The van der Waals surface area contributed by atoms with E-state index in [2.05, 4.69) is 4.98 Å². The quantitative estimate of drug-likeness (QED) is 0.506. The van der Waals surface area contributed by atoms with Crippen molar-refractivity contribution in [1.82, 2.24) is 4.98 Å². The van der Waals surface area contributed by atoms with E-state index in [9.17, 15) is 4.79 Å². The van der Waals surface area contributed by atoms with Gasteiger partial charge in [-0.2, -0.15) is 0 Å². The van der Waals surface area contributed by atoms with Crippen molar-refractivity contribution in [2.45, 2.75) is 11.3 Å². The van der Waals surface area contributed by atoms with Crippen molar-refractivity contribution in [3.63, 3.8) is 0 Å². The number of thioether (sulfide) groups is 1. The number of nitrogens with zero attached hydrogens (tertiary/aromatic N) is 1. The van der Waals surface area contributed by atoms with Gasteiger partial charge < -0.3 is 10.5 Å². The minimum absolute atomic E-state index is 0.209. The van der Waals surface area contributed by atoms with Crippen molar-refractivity contribution in [3.05, 3.63) is 4.88 Å². The molecule has 7 heteroatoms. The fourth-order valence-corrected chi connectivity index (χ4v) is 2.80. The Hall–Kier alpha value is -0.460. The number of carbonyl (C=O) groups excluding carboxylic acids is 1. The highest BCUT2D eigenvalue weighted by Crippen LogP contribution is 2.29. The number of hydrogen-bond acceptors (Lipinski definition) is 6. The number of halogens is 1. The lowest BCUT2D eigenvalue weighted by Gasteiger charge is -1.97. The minimum atomic E-state index is -0.427. The molecule has 0 saturated heterocycles. The number of hydrogen-bond donors (Lipinski definition) is 1. The summed E-state index contributed by atoms with van der Waals surface area (Å²) in [7, 11) is 0. The predicted molar refractivity (Wildman–Crippen MR) is 59.1 cm³/mol. The van der Waals surface area contributed by atoms with Gasteiger partial charge in [0.15, 0.2) is 15.0 Å². The van der Waals surface area contributed by atoms with Crippen LogP contribution in [0.25, 0.3) is 0 Å². The highest BCUT2D eigenvalue weighted by molar-refractivity contribution is 8.02. The number of esters is 1. The van der Waals surface area contributed by atoms with Gasteiger partial charge in [-0.3, -0.25) is 0 Å². The van der Waals surface area contributed by atoms with E-state index in [1.807, 2.05) is 0 Å². The third kappa shape index (κ3) is 2.76. The summed E-state index contributed by atoms with van der Waals surface area (Å²) in [5, 5.41) is 0.384. The zero-order valence-corrected chi connectivity index (χ0v) is 9.84. The number of aromatic nitrogens is 1. The Labute approximate surface area is 94.8 Å². The average molecular weight is 253 g/mol. The molecule has 2 N–H and O–H groups in total. The van der Waals surface area contributed by atoms with Gasteiger partial charge in [0, 0.05) is 0 Å². The Balaban J connectivity index is 2.81. The molecule has 1 aromatic heterocycles. The summed E-state index contributed by atoms with van der Waals surface area (Å²) < 4.78 is 5.49. The number of alkyl halides is 1. The molecule has 0 spiro atoms. The fourth-order valence-electron chi connectivity index (χ4n) is 0.763. The molecule has 0 aromatic carbocycles. The van der Waals surface area contributed by atoms with E-state index >= 15 is 0 Å². The minimum Gasteiger partial charge on any atom is -0.462 e. The van der Waals surface area contributed by atoms with Gasteiger partial charge in [-0.1, -0.05) is 23.1 Å². The largest absolute Gasteiger partial charge is 0.462 e. The number of nitrogens with two attached hydrogens (primary N) is 1. The van der Waals surface area contributed by atoms with E-state index in [0.29, 0.717) is 21.0 Å². The maximum atomic E-state index is 11.3. The molecule has 1 heterocycles. The van der Waals surface area contributed by atoms with Gasteiger partial charge in [-0.25, -0.2) is 9.78 Å². The second kappa shape index (κ2) is 5.43. The van der Waals surface area contributed by atoms with Crippen LogP contribution >= 0.6 is 34.7 Å². The van der Waals surface area contributed by atoms with Crippen LogP contribution in [0.4, 0.5) is 5.82 Å². The van der Waals surface area contributed by atoms with Gasteiger partial charge in [-0.15, -0.1) is 11.6 Å². The number of carbonyl (C=O) groups is 1. The van der Waals surface area contributed by atoms with Crippen molar-refractivity contribution in [1.29, 1.82) is 0 Å². The van der Waals surface area contributed by atoms with Crippen molar-refractivity contribution in [3.8, 4) is 0 Å². The second-order valence-corrected chi connectivity index (χ2v) is 4.97. The van der Waals surface area contributed by atoms with Crippen LogP contribution in [-0.4, -0.2) is 22.8 Å². The Morgan fingerprint density at radius 1 is 1.79 bits per heavy atom. The lowest BCUT2D eigenvalue weighted by Crippen LogP contribution is -2.05. The molecule has 0 unspecified atom stereocenters. The molecule has 0 fully saturated rings. The molecule has 0 aliphatic carbocycles.